The van der Waals surface area contributed by atoms with Gasteiger partial charge in [0.05, 0.1) is 33.3 Å². The van der Waals surface area contributed by atoms with Crippen LogP contribution in [-0.4, -0.2) is 8.97 Å². The quantitative estimate of drug-likeness (QED) is 0.166. The Kier molecular flexibility index (Phi) is 6.93. The lowest BCUT2D eigenvalue weighted by atomic mass is 10.0. The third-order valence-corrected chi connectivity index (χ3v) is 11.8. The molecule has 0 aliphatic rings. The van der Waals surface area contributed by atoms with Crippen molar-refractivity contribution in [3.8, 4) is 27.9 Å². The van der Waals surface area contributed by atoms with E-state index < -0.39 is 0 Å². The second-order valence-electron chi connectivity index (χ2n) is 14.9. The lowest BCUT2D eigenvalue weighted by Crippen LogP contribution is -2.11. The van der Waals surface area contributed by atoms with E-state index in [2.05, 4.69) is 226 Å². The van der Waals surface area contributed by atoms with Gasteiger partial charge in [0.2, 0.25) is 0 Å². The maximum Gasteiger partial charge on any atom is 0.0782 e. The molecule has 0 saturated carbocycles. The molecule has 0 aliphatic carbocycles. The Morgan fingerprint density at radius 3 is 1.47 bits per heavy atom. The van der Waals surface area contributed by atoms with Crippen molar-refractivity contribution in [3.05, 3.63) is 212 Å². The van der Waals surface area contributed by atoms with E-state index in [0.29, 0.717) is 0 Å². The molecule has 0 radical (unpaired) electrons. The van der Waals surface area contributed by atoms with Gasteiger partial charge in [0.1, 0.15) is 0 Å². The van der Waals surface area contributed by atoms with Crippen molar-refractivity contribution in [1.29, 1.82) is 0 Å². The first-order valence-electron chi connectivity index (χ1n) is 19.6. The van der Waals surface area contributed by atoms with Gasteiger partial charge in [-0.05, 0) is 82.9 Å². The van der Waals surface area contributed by atoms with Crippen molar-refractivity contribution in [2.24, 2.45) is 0 Å². The molecule has 12 rings (SSSR count). The average Bonchev–Trinajstić information content (AvgIpc) is 3.93. The van der Waals surface area contributed by atoms with Gasteiger partial charge in [0, 0.05) is 49.4 Å². The van der Waals surface area contributed by atoms with Crippen LogP contribution in [0, 0.1) is 0 Å². The molecule has 0 fully saturated rings. The second-order valence-corrected chi connectivity index (χ2v) is 14.9. The summed E-state index contributed by atoms with van der Waals surface area (Å²) in [5.41, 5.74) is 15.4. The van der Waals surface area contributed by atoms with Gasteiger partial charge < -0.3 is 13.9 Å². The molecule has 0 atom stereocenters. The van der Waals surface area contributed by atoms with Crippen molar-refractivity contribution < 1.29 is 0 Å². The molecular weight excluding hydrogens is 691 g/mol. The zero-order valence-electron chi connectivity index (χ0n) is 31.0. The van der Waals surface area contributed by atoms with E-state index in [-0.39, 0.29) is 0 Å². The highest BCUT2D eigenvalue weighted by molar-refractivity contribution is 6.25. The molecule has 0 unspecified atom stereocenters. The van der Waals surface area contributed by atoms with Crippen molar-refractivity contribution >= 4 is 77.0 Å². The highest BCUT2D eigenvalue weighted by atomic mass is 15.2. The topological polar surface area (TPSA) is 12.6 Å². The standard InChI is InChI=1S/C54H35N3/c1-3-13-36(14-4-1)37-25-30-41(31-26-37)55(51-24-12-21-48-47-20-11-19-46-44-18-8-10-23-50(44)57(53(46)47)54(48)51)42-32-27-38(28-33-42)39-29-34-45-43-17-7-9-22-49(43)56(52(45)35-39)40-15-5-2-6-16-40/h1-35H. The third kappa shape index (κ3) is 4.79. The summed E-state index contributed by atoms with van der Waals surface area (Å²) in [5.74, 6) is 0. The molecule has 266 valence electrons. The van der Waals surface area contributed by atoms with E-state index in [4.69, 9.17) is 0 Å². The summed E-state index contributed by atoms with van der Waals surface area (Å²) in [4.78, 5) is 2.43. The van der Waals surface area contributed by atoms with E-state index in [0.717, 1.165) is 22.7 Å². The highest BCUT2D eigenvalue weighted by Crippen LogP contribution is 2.46. The van der Waals surface area contributed by atoms with Gasteiger partial charge in [0.15, 0.2) is 0 Å². The van der Waals surface area contributed by atoms with Crippen molar-refractivity contribution in [2.45, 2.75) is 0 Å². The molecule has 0 bridgehead atoms. The Hall–Kier alpha value is -7.62. The third-order valence-electron chi connectivity index (χ3n) is 11.8. The van der Waals surface area contributed by atoms with Crippen molar-refractivity contribution in [2.75, 3.05) is 4.90 Å². The smallest absolute Gasteiger partial charge is 0.0782 e. The van der Waals surface area contributed by atoms with Crippen LogP contribution in [0.5, 0.6) is 0 Å². The summed E-state index contributed by atoms with van der Waals surface area (Å²) in [6.07, 6.45) is 0. The van der Waals surface area contributed by atoms with Gasteiger partial charge in [-0.15, -0.1) is 0 Å². The van der Waals surface area contributed by atoms with E-state index in [1.165, 1.54) is 82.2 Å². The number of hydrogen-bond acceptors (Lipinski definition) is 1. The number of fused-ring (bicyclic) bond motifs is 9. The largest absolute Gasteiger partial charge is 0.309 e. The van der Waals surface area contributed by atoms with Gasteiger partial charge in [-0.3, -0.25) is 0 Å². The van der Waals surface area contributed by atoms with Crippen LogP contribution in [0.25, 0.3) is 87.8 Å². The van der Waals surface area contributed by atoms with Gasteiger partial charge in [0.25, 0.3) is 0 Å². The van der Waals surface area contributed by atoms with Crippen LogP contribution in [0.3, 0.4) is 0 Å². The van der Waals surface area contributed by atoms with Gasteiger partial charge in [-0.1, -0.05) is 152 Å². The Balaban J connectivity index is 1.05. The first kappa shape index (κ1) is 31.7. The molecule has 12 aromatic rings. The molecule has 3 nitrogen and oxygen atoms in total. The lowest BCUT2D eigenvalue weighted by Gasteiger charge is -2.27. The molecule has 0 amide bonds. The van der Waals surface area contributed by atoms with E-state index >= 15 is 0 Å². The molecule has 57 heavy (non-hydrogen) atoms. The number of benzene rings is 9. The molecule has 0 aliphatic heterocycles. The summed E-state index contributed by atoms with van der Waals surface area (Å²) < 4.78 is 4.88. The predicted molar refractivity (Wildman–Crippen MR) is 241 cm³/mol. The lowest BCUT2D eigenvalue weighted by molar-refractivity contribution is 1.18. The number of para-hydroxylation sites is 5. The summed E-state index contributed by atoms with van der Waals surface area (Å²) in [6, 6.07) is 77.3. The Morgan fingerprint density at radius 2 is 0.772 bits per heavy atom. The first-order valence-corrected chi connectivity index (χ1v) is 19.6. The fourth-order valence-electron chi connectivity index (χ4n) is 9.30. The number of hydrogen-bond donors (Lipinski definition) is 0. The number of nitrogens with zero attached hydrogens (tertiary/aromatic N) is 3. The molecule has 3 heteroatoms. The number of anilines is 3. The minimum Gasteiger partial charge on any atom is -0.309 e. The molecule has 9 aromatic carbocycles. The van der Waals surface area contributed by atoms with Crippen LogP contribution in [0.4, 0.5) is 17.1 Å². The normalized spacial score (nSPS) is 11.9. The van der Waals surface area contributed by atoms with Crippen molar-refractivity contribution in [1.82, 2.24) is 8.97 Å². The minimum absolute atomic E-state index is 1.10. The predicted octanol–water partition coefficient (Wildman–Crippen LogP) is 14.7. The summed E-state index contributed by atoms with van der Waals surface area (Å²) in [6.45, 7) is 0. The molecular formula is C54H35N3. The van der Waals surface area contributed by atoms with Gasteiger partial charge in [-0.2, -0.15) is 0 Å². The average molecular weight is 726 g/mol. The fourth-order valence-corrected chi connectivity index (χ4v) is 9.30. The van der Waals surface area contributed by atoms with Crippen LogP contribution in [0.1, 0.15) is 0 Å². The Morgan fingerprint density at radius 1 is 0.298 bits per heavy atom. The number of aromatic nitrogens is 2. The molecule has 0 N–H and O–H groups in total. The van der Waals surface area contributed by atoms with Gasteiger partial charge in [-0.25, -0.2) is 0 Å². The Bertz CT molecular complexity index is 3430. The first-order chi connectivity index (χ1) is 28.3. The SMILES string of the molecule is c1ccc(-c2ccc(N(c3ccc(-c4ccc5c6ccccc6n(-c6ccccc6)c5c4)cc3)c3cccc4c5cccc6c7ccccc7n(c34)c65)cc2)cc1. The zero-order chi connectivity index (χ0) is 37.5. The Labute approximate surface area is 329 Å². The fraction of sp³-hybridized carbons (Fsp3) is 0. The van der Waals surface area contributed by atoms with Crippen molar-refractivity contribution in [3.63, 3.8) is 0 Å². The van der Waals surface area contributed by atoms with E-state index in [9.17, 15) is 0 Å². The zero-order valence-corrected chi connectivity index (χ0v) is 31.0. The summed E-state index contributed by atoms with van der Waals surface area (Å²) in [7, 11) is 0. The van der Waals surface area contributed by atoms with Gasteiger partial charge >= 0.3 is 0 Å². The maximum absolute atomic E-state index is 2.49. The molecule has 3 aromatic heterocycles. The second kappa shape index (κ2) is 12.5. The van der Waals surface area contributed by atoms with Crippen LogP contribution >= 0.6 is 0 Å². The van der Waals surface area contributed by atoms with Crippen LogP contribution in [-0.2, 0) is 0 Å². The molecule has 0 spiro atoms. The van der Waals surface area contributed by atoms with E-state index in [1.54, 1.807) is 0 Å². The molecule has 3 heterocycles. The number of rotatable bonds is 6. The monoisotopic (exact) mass is 725 g/mol. The summed E-state index contributed by atoms with van der Waals surface area (Å²) >= 11 is 0. The minimum atomic E-state index is 1.10. The maximum atomic E-state index is 2.49. The molecule has 0 saturated heterocycles. The van der Waals surface area contributed by atoms with Crippen LogP contribution in [0.15, 0.2) is 212 Å². The van der Waals surface area contributed by atoms with E-state index in [1.807, 2.05) is 0 Å². The van der Waals surface area contributed by atoms with Crippen LogP contribution in [0.2, 0.25) is 0 Å². The van der Waals surface area contributed by atoms with Crippen LogP contribution < -0.4 is 4.90 Å². The highest BCUT2D eigenvalue weighted by Gasteiger charge is 2.23. The summed E-state index contributed by atoms with van der Waals surface area (Å²) in [5, 5.41) is 7.61.